The summed E-state index contributed by atoms with van der Waals surface area (Å²) in [5.41, 5.74) is 0. The highest BCUT2D eigenvalue weighted by Gasteiger charge is 2.05. The predicted molar refractivity (Wildman–Crippen MR) is 63.9 cm³/mol. The van der Waals surface area contributed by atoms with Crippen LogP contribution in [0.15, 0.2) is 0 Å². The van der Waals surface area contributed by atoms with Crippen molar-refractivity contribution in [2.45, 2.75) is 33.4 Å². The second-order valence-corrected chi connectivity index (χ2v) is 4.57. The van der Waals surface area contributed by atoms with Gasteiger partial charge in [0.05, 0.1) is 13.2 Å². The Hall–Kier alpha value is -0.720. The number of hydrogen-bond acceptors (Lipinski definition) is 6. The lowest BCUT2D eigenvalue weighted by Gasteiger charge is -2.03. The highest BCUT2D eigenvalue weighted by Crippen LogP contribution is 2.17. The monoisotopic (exact) mass is 245 g/mol. The number of aromatic nitrogens is 2. The van der Waals surface area contributed by atoms with E-state index in [9.17, 15) is 0 Å². The van der Waals surface area contributed by atoms with Gasteiger partial charge in [0.1, 0.15) is 11.6 Å². The van der Waals surface area contributed by atoms with Gasteiger partial charge in [0, 0.05) is 12.6 Å². The molecule has 0 unspecified atom stereocenters. The molecule has 0 aliphatic rings. The first kappa shape index (κ1) is 13.3. The van der Waals surface area contributed by atoms with Crippen LogP contribution >= 0.6 is 11.3 Å². The molecule has 6 heteroatoms. The van der Waals surface area contributed by atoms with E-state index in [4.69, 9.17) is 9.47 Å². The Morgan fingerprint density at radius 3 is 2.81 bits per heavy atom. The van der Waals surface area contributed by atoms with Gasteiger partial charge in [-0.15, -0.1) is 10.2 Å². The molecule has 0 aliphatic heterocycles. The lowest BCUT2D eigenvalue weighted by molar-refractivity contribution is 0.110. The molecule has 0 spiro atoms. The Balaban J connectivity index is 2.22. The van der Waals surface area contributed by atoms with E-state index in [-0.39, 0.29) is 0 Å². The molecule has 0 fully saturated rings. The molecule has 1 aromatic rings. The van der Waals surface area contributed by atoms with Gasteiger partial charge in [-0.05, 0) is 6.92 Å². The van der Waals surface area contributed by atoms with Crippen molar-refractivity contribution in [3.8, 4) is 5.19 Å². The highest BCUT2D eigenvalue weighted by atomic mass is 32.1. The van der Waals surface area contributed by atoms with Gasteiger partial charge in [-0.3, -0.25) is 0 Å². The van der Waals surface area contributed by atoms with E-state index < -0.39 is 0 Å². The predicted octanol–water partition coefficient (Wildman–Crippen LogP) is 1.45. The summed E-state index contributed by atoms with van der Waals surface area (Å²) >= 11 is 1.47. The zero-order valence-electron chi connectivity index (χ0n) is 10.0. The number of nitrogens with one attached hydrogen (secondary N) is 1. The van der Waals surface area contributed by atoms with Crippen molar-refractivity contribution in [3.05, 3.63) is 5.01 Å². The molecule has 5 nitrogen and oxygen atoms in total. The first-order valence-electron chi connectivity index (χ1n) is 5.48. The summed E-state index contributed by atoms with van der Waals surface area (Å²) in [4.78, 5) is 0. The first-order valence-corrected chi connectivity index (χ1v) is 6.30. The lowest BCUT2D eigenvalue weighted by Crippen LogP contribution is -2.21. The van der Waals surface area contributed by atoms with Gasteiger partial charge in [0.25, 0.3) is 5.19 Å². The molecule has 1 rings (SSSR count). The maximum absolute atomic E-state index is 5.39. The van der Waals surface area contributed by atoms with Crippen molar-refractivity contribution in [2.24, 2.45) is 0 Å². The van der Waals surface area contributed by atoms with Crippen molar-refractivity contribution in [1.82, 2.24) is 15.5 Å². The maximum Gasteiger partial charge on any atom is 0.294 e. The molecule has 0 saturated heterocycles. The Kier molecular flexibility index (Phi) is 6.29. The molecular formula is C10H19N3O2S. The molecule has 0 aromatic carbocycles. The second kappa shape index (κ2) is 7.54. The van der Waals surface area contributed by atoms with Crippen molar-refractivity contribution in [3.63, 3.8) is 0 Å². The van der Waals surface area contributed by atoms with Gasteiger partial charge >= 0.3 is 0 Å². The summed E-state index contributed by atoms with van der Waals surface area (Å²) in [6.07, 6.45) is 0. The second-order valence-electron chi connectivity index (χ2n) is 3.54. The van der Waals surface area contributed by atoms with Crippen LogP contribution in [0.25, 0.3) is 0 Å². The molecule has 16 heavy (non-hydrogen) atoms. The smallest absolute Gasteiger partial charge is 0.294 e. The number of ether oxygens (including phenoxy) is 2. The average Bonchev–Trinajstić information content (AvgIpc) is 2.70. The van der Waals surface area contributed by atoms with Gasteiger partial charge in [0.2, 0.25) is 0 Å². The van der Waals surface area contributed by atoms with Gasteiger partial charge in [-0.2, -0.15) is 0 Å². The Morgan fingerprint density at radius 1 is 1.31 bits per heavy atom. The fraction of sp³-hybridized carbons (Fsp3) is 0.800. The summed E-state index contributed by atoms with van der Waals surface area (Å²) < 4.78 is 10.5. The topological polar surface area (TPSA) is 56.3 Å². The standard InChI is InChI=1S/C10H19N3O2S/c1-4-14-5-6-15-10-13-12-9(16-10)7-11-8(2)3/h8,11H,4-7H2,1-3H3. The molecule has 0 bridgehead atoms. The summed E-state index contributed by atoms with van der Waals surface area (Å²) in [6.45, 7) is 8.73. The van der Waals surface area contributed by atoms with E-state index in [0.29, 0.717) is 31.1 Å². The Labute approximate surface area is 100 Å². The Bertz CT molecular complexity index is 291. The molecule has 0 saturated carbocycles. The molecule has 0 radical (unpaired) electrons. The van der Waals surface area contributed by atoms with Crippen LogP contribution in [0.2, 0.25) is 0 Å². The number of hydrogen-bond donors (Lipinski definition) is 1. The van der Waals surface area contributed by atoms with Crippen LogP contribution in [0.1, 0.15) is 25.8 Å². The normalized spacial score (nSPS) is 11.0. The SMILES string of the molecule is CCOCCOc1nnc(CNC(C)C)s1. The maximum atomic E-state index is 5.39. The quantitative estimate of drug-likeness (QED) is 0.703. The summed E-state index contributed by atoms with van der Waals surface area (Å²) in [5, 5.41) is 12.8. The number of rotatable bonds is 8. The molecule has 92 valence electrons. The van der Waals surface area contributed by atoms with Gasteiger partial charge < -0.3 is 14.8 Å². The Morgan fingerprint density at radius 2 is 2.12 bits per heavy atom. The minimum atomic E-state index is 0.450. The van der Waals surface area contributed by atoms with E-state index in [2.05, 4.69) is 29.4 Å². The van der Waals surface area contributed by atoms with Gasteiger partial charge in [-0.25, -0.2) is 0 Å². The minimum Gasteiger partial charge on any atom is -0.466 e. The number of nitrogens with zero attached hydrogens (tertiary/aromatic N) is 2. The van der Waals surface area contributed by atoms with Crippen molar-refractivity contribution < 1.29 is 9.47 Å². The lowest BCUT2D eigenvalue weighted by atomic mass is 10.4. The zero-order chi connectivity index (χ0) is 11.8. The molecule has 0 amide bonds. The first-order chi connectivity index (χ1) is 7.72. The minimum absolute atomic E-state index is 0.450. The van der Waals surface area contributed by atoms with E-state index in [0.717, 1.165) is 11.6 Å². The average molecular weight is 245 g/mol. The molecule has 1 aromatic heterocycles. The van der Waals surface area contributed by atoms with Crippen LogP contribution in [0.5, 0.6) is 5.19 Å². The van der Waals surface area contributed by atoms with Crippen molar-refractivity contribution in [1.29, 1.82) is 0 Å². The van der Waals surface area contributed by atoms with Crippen LogP contribution in [-0.4, -0.2) is 36.1 Å². The molecule has 0 aliphatic carbocycles. The largest absolute Gasteiger partial charge is 0.466 e. The van der Waals surface area contributed by atoms with Crippen LogP contribution in [-0.2, 0) is 11.3 Å². The van der Waals surface area contributed by atoms with Gasteiger partial charge in [0.15, 0.2) is 0 Å². The van der Waals surface area contributed by atoms with Crippen LogP contribution in [0, 0.1) is 0 Å². The van der Waals surface area contributed by atoms with Crippen LogP contribution in [0.4, 0.5) is 0 Å². The van der Waals surface area contributed by atoms with Gasteiger partial charge in [-0.1, -0.05) is 25.2 Å². The molecule has 1 heterocycles. The third-order valence-corrected chi connectivity index (χ3v) is 2.60. The van der Waals surface area contributed by atoms with Crippen molar-refractivity contribution in [2.75, 3.05) is 19.8 Å². The van der Waals surface area contributed by atoms with E-state index in [1.807, 2.05) is 6.92 Å². The fourth-order valence-corrected chi connectivity index (χ4v) is 1.65. The molecule has 0 atom stereocenters. The third kappa shape index (κ3) is 5.39. The summed E-state index contributed by atoms with van der Waals surface area (Å²) in [5.74, 6) is 0. The van der Waals surface area contributed by atoms with E-state index >= 15 is 0 Å². The molecular weight excluding hydrogens is 226 g/mol. The van der Waals surface area contributed by atoms with Crippen LogP contribution < -0.4 is 10.1 Å². The van der Waals surface area contributed by atoms with E-state index in [1.165, 1.54) is 11.3 Å². The third-order valence-electron chi connectivity index (χ3n) is 1.77. The summed E-state index contributed by atoms with van der Waals surface area (Å²) in [7, 11) is 0. The van der Waals surface area contributed by atoms with Crippen LogP contribution in [0.3, 0.4) is 0 Å². The molecule has 1 N–H and O–H groups in total. The van der Waals surface area contributed by atoms with Crippen molar-refractivity contribution >= 4 is 11.3 Å². The van der Waals surface area contributed by atoms with E-state index in [1.54, 1.807) is 0 Å². The summed E-state index contributed by atoms with van der Waals surface area (Å²) in [6, 6.07) is 0.450. The highest BCUT2D eigenvalue weighted by molar-refractivity contribution is 7.13. The zero-order valence-corrected chi connectivity index (χ0v) is 10.8. The fourth-order valence-electron chi connectivity index (χ4n) is 0.992.